The highest BCUT2D eigenvalue weighted by Crippen LogP contribution is 2.41. The van der Waals surface area contributed by atoms with E-state index in [9.17, 15) is 19.5 Å². The van der Waals surface area contributed by atoms with Gasteiger partial charge in [-0.25, -0.2) is 9.78 Å². The Bertz CT molecular complexity index is 1630. The highest BCUT2D eigenvalue weighted by atomic mass is 28.3. The normalized spacial score (nSPS) is 18.0. The van der Waals surface area contributed by atoms with Crippen LogP contribution in [0.25, 0.3) is 22.3 Å². The minimum absolute atomic E-state index is 0.119. The van der Waals surface area contributed by atoms with E-state index in [1.165, 1.54) is 0 Å². The first-order valence-corrected chi connectivity index (χ1v) is 17.9. The van der Waals surface area contributed by atoms with E-state index >= 15 is 0 Å². The van der Waals surface area contributed by atoms with Gasteiger partial charge in [0.15, 0.2) is 0 Å². The van der Waals surface area contributed by atoms with Crippen molar-refractivity contribution < 1.29 is 24.2 Å². The molecule has 9 nitrogen and oxygen atoms in total. The van der Waals surface area contributed by atoms with E-state index in [4.69, 9.17) is 14.5 Å². The summed E-state index contributed by atoms with van der Waals surface area (Å²) in [4.78, 5) is 44.4. The molecule has 0 saturated heterocycles. The second-order valence-electron chi connectivity index (χ2n) is 13.3. The zero-order valence-corrected chi connectivity index (χ0v) is 25.9. The number of benzene rings is 1. The summed E-state index contributed by atoms with van der Waals surface area (Å²) in [5, 5.41) is 14.0. The number of aromatic nitrogens is 2. The lowest BCUT2D eigenvalue weighted by molar-refractivity contribution is -0.156. The topological polar surface area (TPSA) is 120 Å². The lowest BCUT2D eigenvalue weighted by Crippen LogP contribution is -2.47. The minimum Gasteiger partial charge on any atom is -0.460 e. The van der Waals surface area contributed by atoms with Crippen LogP contribution in [0, 0.1) is 0 Å². The molecule has 0 radical (unpaired) electrons. The largest absolute Gasteiger partial charge is 0.460 e. The van der Waals surface area contributed by atoms with E-state index in [-0.39, 0.29) is 12.2 Å². The van der Waals surface area contributed by atoms with Crippen molar-refractivity contribution in [1.29, 1.82) is 0 Å². The van der Waals surface area contributed by atoms with E-state index in [1.807, 2.05) is 45.0 Å². The second kappa shape index (κ2) is 10.1. The number of amides is 1. The van der Waals surface area contributed by atoms with Crippen LogP contribution in [0.15, 0.2) is 29.1 Å². The number of nitrogens with zero attached hydrogens (tertiary/aromatic N) is 2. The molecule has 2 aliphatic heterocycles. The molecule has 5 rings (SSSR count). The Morgan fingerprint density at radius 2 is 1.95 bits per heavy atom. The van der Waals surface area contributed by atoms with Gasteiger partial charge in [0.25, 0.3) is 5.56 Å². The van der Waals surface area contributed by atoms with E-state index in [1.54, 1.807) is 11.5 Å². The molecule has 218 valence electrons. The number of aliphatic hydroxyl groups excluding tert-OH is 1. The van der Waals surface area contributed by atoms with Gasteiger partial charge in [-0.15, -0.1) is 0 Å². The lowest BCUT2D eigenvalue weighted by atomic mass is 9.75. The van der Waals surface area contributed by atoms with Crippen LogP contribution >= 0.6 is 0 Å². The molecule has 3 aromatic rings. The highest BCUT2D eigenvalue weighted by molar-refractivity contribution is 6.76. The summed E-state index contributed by atoms with van der Waals surface area (Å²) in [5.41, 5.74) is 3.28. The maximum absolute atomic E-state index is 13.7. The standard InChI is InChI=1S/C31H39N3O6Si/c1-8-31(17-35)22-14-24-26-19(15-34(24)27(36)21(22)16-39-28(31)37)13-20-23(32-29(38)40-30(2,3)4)10-9-18(25(20)33-26)11-12-41(5,6)7/h9-10,13-14,35H,8,11-12,15-17H2,1-7H3,(H,32,38). The summed E-state index contributed by atoms with van der Waals surface area (Å²) in [7, 11) is -1.36. The summed E-state index contributed by atoms with van der Waals surface area (Å²) in [6.07, 6.45) is 0.597. The van der Waals surface area contributed by atoms with Gasteiger partial charge in [0, 0.05) is 19.0 Å². The van der Waals surface area contributed by atoms with Crippen LogP contribution in [-0.4, -0.2) is 47.0 Å². The van der Waals surface area contributed by atoms with E-state index in [2.05, 4.69) is 25.0 Å². The molecule has 1 atom stereocenters. The van der Waals surface area contributed by atoms with E-state index in [0.717, 1.165) is 34.5 Å². The Morgan fingerprint density at radius 1 is 1.22 bits per heavy atom. The zero-order valence-electron chi connectivity index (χ0n) is 24.9. The quantitative estimate of drug-likeness (QED) is 0.234. The monoisotopic (exact) mass is 577 g/mol. The predicted molar refractivity (Wildman–Crippen MR) is 161 cm³/mol. The van der Waals surface area contributed by atoms with Crippen molar-refractivity contribution in [2.75, 3.05) is 11.9 Å². The van der Waals surface area contributed by atoms with E-state index in [0.29, 0.717) is 41.2 Å². The summed E-state index contributed by atoms with van der Waals surface area (Å²) in [6, 6.07) is 8.81. The van der Waals surface area contributed by atoms with Crippen LogP contribution in [0.5, 0.6) is 0 Å². The van der Waals surface area contributed by atoms with Crippen LogP contribution < -0.4 is 10.9 Å². The first kappa shape index (κ1) is 29.0. The third-order valence-electron chi connectivity index (χ3n) is 8.03. The van der Waals surface area contributed by atoms with Crippen LogP contribution in [-0.2, 0) is 39.3 Å². The van der Waals surface area contributed by atoms with Gasteiger partial charge in [-0.3, -0.25) is 14.9 Å². The van der Waals surface area contributed by atoms with Crippen molar-refractivity contribution in [3.63, 3.8) is 0 Å². The van der Waals surface area contributed by atoms with Gasteiger partial charge in [0.1, 0.15) is 17.6 Å². The maximum Gasteiger partial charge on any atom is 0.412 e. The molecule has 2 aromatic heterocycles. The summed E-state index contributed by atoms with van der Waals surface area (Å²) in [6.45, 7) is 14.0. The summed E-state index contributed by atoms with van der Waals surface area (Å²) in [5.74, 6) is -0.518. The first-order chi connectivity index (χ1) is 19.2. The number of carbonyl (C=O) groups is 2. The van der Waals surface area contributed by atoms with Crippen molar-refractivity contribution in [2.24, 2.45) is 0 Å². The van der Waals surface area contributed by atoms with Gasteiger partial charge < -0.3 is 19.1 Å². The van der Waals surface area contributed by atoms with Crippen molar-refractivity contribution in [1.82, 2.24) is 9.55 Å². The first-order valence-electron chi connectivity index (χ1n) is 14.2. The molecule has 1 amide bonds. The van der Waals surface area contributed by atoms with Gasteiger partial charge in [0.2, 0.25) is 0 Å². The van der Waals surface area contributed by atoms with Crippen LogP contribution in [0.4, 0.5) is 10.5 Å². The highest BCUT2D eigenvalue weighted by Gasteiger charge is 2.46. The van der Waals surface area contributed by atoms with Gasteiger partial charge in [-0.1, -0.05) is 38.7 Å². The number of pyridine rings is 2. The molecule has 41 heavy (non-hydrogen) atoms. The number of ether oxygens (including phenoxy) is 2. The van der Waals surface area contributed by atoms with Crippen LogP contribution in [0.3, 0.4) is 0 Å². The van der Waals surface area contributed by atoms with Gasteiger partial charge >= 0.3 is 12.1 Å². The number of cyclic esters (lactones) is 1. The van der Waals surface area contributed by atoms with Gasteiger partial charge in [-0.2, -0.15) is 0 Å². The number of carbonyl (C=O) groups excluding carboxylic acids is 2. The fourth-order valence-electron chi connectivity index (χ4n) is 5.70. The molecule has 2 aliphatic rings. The molecule has 0 spiro atoms. The van der Waals surface area contributed by atoms with Crippen molar-refractivity contribution in [2.45, 2.75) is 90.4 Å². The average Bonchev–Trinajstić information content (AvgIpc) is 3.24. The lowest BCUT2D eigenvalue weighted by Gasteiger charge is -2.34. The van der Waals surface area contributed by atoms with E-state index < -0.39 is 37.8 Å². The number of nitrogens with one attached hydrogen (secondary N) is 1. The number of hydrogen-bond acceptors (Lipinski definition) is 7. The molecule has 2 N–H and O–H groups in total. The fraction of sp³-hybridized carbons (Fsp3) is 0.484. The Kier molecular flexibility index (Phi) is 7.14. The fourth-order valence-corrected chi connectivity index (χ4v) is 6.71. The number of hydrogen-bond donors (Lipinski definition) is 2. The third-order valence-corrected chi connectivity index (χ3v) is 9.78. The molecule has 0 bridgehead atoms. The molecule has 0 fully saturated rings. The number of rotatable bonds is 6. The Hall–Kier alpha value is -3.50. The third kappa shape index (κ3) is 5.19. The predicted octanol–water partition coefficient (Wildman–Crippen LogP) is 5.35. The minimum atomic E-state index is -1.36. The zero-order chi connectivity index (χ0) is 29.9. The summed E-state index contributed by atoms with van der Waals surface area (Å²) >= 11 is 0. The Labute approximate surface area is 240 Å². The molecule has 1 aromatic carbocycles. The molecular weight excluding hydrogens is 538 g/mol. The molecule has 0 aliphatic carbocycles. The van der Waals surface area contributed by atoms with Crippen molar-refractivity contribution >= 4 is 36.7 Å². The number of aliphatic hydroxyl groups is 1. The SMILES string of the molecule is CCC1(CO)C(=O)OCc2c1cc1n(c2=O)Cc2cc3c(NC(=O)OC(C)(C)C)ccc(CC[Si](C)(C)C)c3nc2-1. The van der Waals surface area contributed by atoms with Gasteiger partial charge in [0.05, 0.1) is 41.3 Å². The second-order valence-corrected chi connectivity index (χ2v) is 19.0. The molecule has 1 unspecified atom stereocenters. The van der Waals surface area contributed by atoms with Crippen LogP contribution in [0.2, 0.25) is 25.7 Å². The number of anilines is 1. The van der Waals surface area contributed by atoms with Gasteiger partial charge in [-0.05, 0) is 62.9 Å². The molecule has 4 heterocycles. The van der Waals surface area contributed by atoms with Crippen LogP contribution in [0.1, 0.15) is 56.4 Å². The number of esters is 1. The maximum atomic E-state index is 13.7. The number of fused-ring (bicyclic) bond motifs is 5. The smallest absolute Gasteiger partial charge is 0.412 e. The van der Waals surface area contributed by atoms with Crippen molar-refractivity contribution in [3.05, 3.63) is 56.9 Å². The molecule has 0 saturated carbocycles. The Morgan fingerprint density at radius 3 is 2.59 bits per heavy atom. The molecular formula is C31H39N3O6Si. The average molecular weight is 578 g/mol. The molecule has 10 heteroatoms. The summed E-state index contributed by atoms with van der Waals surface area (Å²) < 4.78 is 12.5. The number of aryl methyl sites for hydroxylation is 1. The Balaban J connectivity index is 1.69. The van der Waals surface area contributed by atoms with Crippen molar-refractivity contribution in [3.8, 4) is 11.4 Å².